The van der Waals surface area contributed by atoms with Crippen LogP contribution in [0.4, 0.5) is 23.2 Å². The SMILES string of the molecule is NC1(C(=O)Nc2ccc(Oc3ccc(C(F)(F)F)cn3)c(F)c2)CCOCC1. The second-order valence-electron chi connectivity index (χ2n) is 6.35. The summed E-state index contributed by atoms with van der Waals surface area (Å²) in [4.78, 5) is 15.9. The standard InChI is InChI=1S/C18H17F4N3O3/c19-13-9-12(25-16(26)17(23)5-7-27-8-6-17)2-3-14(13)28-15-4-1-11(10-24-15)18(20,21)22/h1-4,9-10H,5-8,23H2,(H,25,26). The minimum absolute atomic E-state index is 0.173. The van der Waals surface area contributed by atoms with Crippen LogP contribution in [0.1, 0.15) is 18.4 Å². The van der Waals surface area contributed by atoms with Gasteiger partial charge in [-0.2, -0.15) is 13.2 Å². The number of carbonyl (C=O) groups excluding carboxylic acids is 1. The van der Waals surface area contributed by atoms with E-state index >= 15 is 0 Å². The number of hydrogen-bond acceptors (Lipinski definition) is 5. The van der Waals surface area contributed by atoms with E-state index in [1.54, 1.807) is 0 Å². The number of nitrogens with two attached hydrogens (primary N) is 1. The van der Waals surface area contributed by atoms with Gasteiger partial charge in [0.1, 0.15) is 5.54 Å². The smallest absolute Gasteiger partial charge is 0.417 e. The van der Waals surface area contributed by atoms with Crippen LogP contribution < -0.4 is 15.8 Å². The van der Waals surface area contributed by atoms with Crippen LogP contribution in [0, 0.1) is 5.82 Å². The molecule has 28 heavy (non-hydrogen) atoms. The maximum absolute atomic E-state index is 14.3. The highest BCUT2D eigenvalue weighted by molar-refractivity contribution is 5.98. The number of amides is 1. The maximum atomic E-state index is 14.3. The Morgan fingerprint density at radius 1 is 1.21 bits per heavy atom. The van der Waals surface area contributed by atoms with Crippen molar-refractivity contribution in [1.29, 1.82) is 0 Å². The molecule has 0 radical (unpaired) electrons. The van der Waals surface area contributed by atoms with E-state index in [0.717, 1.165) is 18.2 Å². The first kappa shape index (κ1) is 20.0. The van der Waals surface area contributed by atoms with Crippen molar-refractivity contribution in [3.63, 3.8) is 0 Å². The van der Waals surface area contributed by atoms with Crippen molar-refractivity contribution in [2.45, 2.75) is 24.6 Å². The predicted molar refractivity (Wildman–Crippen MR) is 91.3 cm³/mol. The normalized spacial score (nSPS) is 16.5. The van der Waals surface area contributed by atoms with Crippen LogP contribution in [-0.2, 0) is 15.7 Å². The lowest BCUT2D eigenvalue weighted by Gasteiger charge is -2.31. The van der Waals surface area contributed by atoms with Gasteiger partial charge in [0.25, 0.3) is 0 Å². The first-order valence-corrected chi connectivity index (χ1v) is 8.36. The Morgan fingerprint density at radius 3 is 2.50 bits per heavy atom. The molecule has 1 aromatic heterocycles. The van der Waals surface area contributed by atoms with Crippen LogP contribution in [0.5, 0.6) is 11.6 Å². The summed E-state index contributed by atoms with van der Waals surface area (Å²) in [5.41, 5.74) is 4.21. The maximum Gasteiger partial charge on any atom is 0.417 e. The number of benzene rings is 1. The highest BCUT2D eigenvalue weighted by atomic mass is 19.4. The lowest BCUT2D eigenvalue weighted by atomic mass is 9.90. The van der Waals surface area contributed by atoms with E-state index < -0.39 is 29.0 Å². The van der Waals surface area contributed by atoms with Gasteiger partial charge in [0.15, 0.2) is 11.6 Å². The van der Waals surface area contributed by atoms with Crippen LogP contribution in [0.2, 0.25) is 0 Å². The van der Waals surface area contributed by atoms with Crippen molar-refractivity contribution < 1.29 is 31.8 Å². The van der Waals surface area contributed by atoms with E-state index in [2.05, 4.69) is 10.3 Å². The molecule has 6 nitrogen and oxygen atoms in total. The number of anilines is 1. The van der Waals surface area contributed by atoms with Gasteiger partial charge < -0.3 is 20.5 Å². The highest BCUT2D eigenvalue weighted by Gasteiger charge is 2.36. The lowest BCUT2D eigenvalue weighted by molar-refractivity contribution is -0.137. The van der Waals surface area contributed by atoms with Gasteiger partial charge in [-0.15, -0.1) is 0 Å². The summed E-state index contributed by atoms with van der Waals surface area (Å²) in [7, 11) is 0. The molecule has 3 rings (SSSR count). The Labute approximate surface area is 157 Å². The third kappa shape index (κ3) is 4.57. The molecule has 3 N–H and O–H groups in total. The number of alkyl halides is 3. The van der Waals surface area contributed by atoms with Crippen LogP contribution >= 0.6 is 0 Å². The summed E-state index contributed by atoms with van der Waals surface area (Å²) < 4.78 is 62.2. The Kier molecular flexibility index (Phi) is 5.52. The third-order valence-electron chi connectivity index (χ3n) is 4.31. The highest BCUT2D eigenvalue weighted by Crippen LogP contribution is 2.31. The molecule has 0 saturated carbocycles. The molecular formula is C18H17F4N3O3. The quantitative estimate of drug-likeness (QED) is 0.769. The van der Waals surface area contributed by atoms with Gasteiger partial charge in [-0.25, -0.2) is 9.37 Å². The van der Waals surface area contributed by atoms with Crippen molar-refractivity contribution in [3.8, 4) is 11.6 Å². The first-order chi connectivity index (χ1) is 13.2. The van der Waals surface area contributed by atoms with E-state index in [9.17, 15) is 22.4 Å². The fourth-order valence-corrected chi connectivity index (χ4v) is 2.60. The zero-order chi connectivity index (χ0) is 20.4. The Morgan fingerprint density at radius 2 is 1.93 bits per heavy atom. The average molecular weight is 399 g/mol. The van der Waals surface area contributed by atoms with E-state index in [-0.39, 0.29) is 17.3 Å². The zero-order valence-corrected chi connectivity index (χ0v) is 14.6. The minimum atomic E-state index is -4.53. The van der Waals surface area contributed by atoms with Gasteiger partial charge in [0.2, 0.25) is 11.8 Å². The van der Waals surface area contributed by atoms with Crippen molar-refractivity contribution in [2.24, 2.45) is 5.73 Å². The Balaban J connectivity index is 1.68. The van der Waals surface area contributed by atoms with Crippen LogP contribution in [0.25, 0.3) is 0 Å². The number of ether oxygens (including phenoxy) is 2. The molecule has 0 aliphatic carbocycles. The van der Waals surface area contributed by atoms with E-state index in [1.165, 1.54) is 12.1 Å². The molecule has 2 heterocycles. The summed E-state index contributed by atoms with van der Waals surface area (Å²) in [6.45, 7) is 0.733. The van der Waals surface area contributed by atoms with Crippen molar-refractivity contribution in [1.82, 2.24) is 4.98 Å². The molecule has 2 aromatic rings. The van der Waals surface area contributed by atoms with Gasteiger partial charge in [-0.1, -0.05) is 0 Å². The number of rotatable bonds is 4. The van der Waals surface area contributed by atoms with Gasteiger partial charge in [0, 0.05) is 37.2 Å². The fraction of sp³-hybridized carbons (Fsp3) is 0.333. The molecule has 0 bridgehead atoms. The molecule has 1 saturated heterocycles. The number of hydrogen-bond donors (Lipinski definition) is 2. The van der Waals surface area contributed by atoms with Crippen LogP contribution in [0.3, 0.4) is 0 Å². The number of nitrogens with one attached hydrogen (secondary N) is 1. The number of carbonyl (C=O) groups is 1. The topological polar surface area (TPSA) is 86.5 Å². The molecule has 150 valence electrons. The second kappa shape index (κ2) is 7.72. The van der Waals surface area contributed by atoms with E-state index in [4.69, 9.17) is 15.2 Å². The first-order valence-electron chi connectivity index (χ1n) is 8.36. The number of halogens is 4. The number of pyridine rings is 1. The van der Waals surface area contributed by atoms with Crippen molar-refractivity contribution in [3.05, 3.63) is 47.9 Å². The van der Waals surface area contributed by atoms with Gasteiger partial charge in [-0.05, 0) is 31.0 Å². The summed E-state index contributed by atoms with van der Waals surface area (Å²) in [6.07, 6.45) is -3.23. The van der Waals surface area contributed by atoms with Crippen molar-refractivity contribution in [2.75, 3.05) is 18.5 Å². The lowest BCUT2D eigenvalue weighted by Crippen LogP contribution is -2.54. The van der Waals surface area contributed by atoms with Gasteiger partial charge >= 0.3 is 6.18 Å². The molecular weight excluding hydrogens is 382 g/mol. The molecule has 0 spiro atoms. The second-order valence-corrected chi connectivity index (χ2v) is 6.35. The zero-order valence-electron chi connectivity index (χ0n) is 14.6. The van der Waals surface area contributed by atoms with Crippen LogP contribution in [-0.4, -0.2) is 29.6 Å². The Hall–Kier alpha value is -2.72. The third-order valence-corrected chi connectivity index (χ3v) is 4.31. The van der Waals surface area contributed by atoms with E-state index in [1.807, 2.05) is 0 Å². The largest absolute Gasteiger partial charge is 0.436 e. The summed E-state index contributed by atoms with van der Waals surface area (Å²) in [5.74, 6) is -1.73. The molecule has 1 amide bonds. The molecule has 1 aromatic carbocycles. The molecule has 1 aliphatic heterocycles. The van der Waals surface area contributed by atoms with Crippen molar-refractivity contribution >= 4 is 11.6 Å². The summed E-state index contributed by atoms with van der Waals surface area (Å²) >= 11 is 0. The molecule has 0 unspecified atom stereocenters. The molecule has 1 aliphatic rings. The van der Waals surface area contributed by atoms with E-state index in [0.29, 0.717) is 32.3 Å². The monoisotopic (exact) mass is 399 g/mol. The van der Waals surface area contributed by atoms with Crippen LogP contribution in [0.15, 0.2) is 36.5 Å². The Bertz CT molecular complexity index is 850. The average Bonchev–Trinajstić information content (AvgIpc) is 2.64. The predicted octanol–water partition coefficient (Wildman–Crippen LogP) is 3.48. The summed E-state index contributed by atoms with van der Waals surface area (Å²) in [5, 5.41) is 2.55. The minimum Gasteiger partial charge on any atom is -0.436 e. The van der Waals surface area contributed by atoms with Gasteiger partial charge in [-0.3, -0.25) is 4.79 Å². The molecule has 0 atom stereocenters. The molecule has 1 fully saturated rings. The fourth-order valence-electron chi connectivity index (χ4n) is 2.60. The summed E-state index contributed by atoms with van der Waals surface area (Å²) in [6, 6.07) is 5.42. The molecule has 10 heteroatoms. The number of aromatic nitrogens is 1. The van der Waals surface area contributed by atoms with Gasteiger partial charge in [0.05, 0.1) is 5.56 Å². The number of nitrogens with zero attached hydrogens (tertiary/aromatic N) is 1.